The molecular formula is C11H18N6. The molecule has 6 nitrogen and oxygen atoms in total. The molecule has 1 atom stereocenters. The molecule has 17 heavy (non-hydrogen) atoms. The first kappa shape index (κ1) is 11.8. The van der Waals surface area contributed by atoms with Gasteiger partial charge in [0, 0.05) is 19.3 Å². The molecule has 0 fully saturated rings. The minimum Gasteiger partial charge on any atom is -0.325 e. The summed E-state index contributed by atoms with van der Waals surface area (Å²) in [6, 6.07) is -0.0128. The Bertz CT molecular complexity index is 484. The summed E-state index contributed by atoms with van der Waals surface area (Å²) < 4.78 is 3.69. The van der Waals surface area contributed by atoms with Gasteiger partial charge in [0.1, 0.15) is 6.33 Å². The Kier molecular flexibility index (Phi) is 3.23. The molecule has 2 aromatic rings. The van der Waals surface area contributed by atoms with Gasteiger partial charge in [-0.2, -0.15) is 5.10 Å². The van der Waals surface area contributed by atoms with Gasteiger partial charge in [0.15, 0.2) is 5.82 Å². The van der Waals surface area contributed by atoms with Crippen LogP contribution in [0.4, 0.5) is 0 Å². The first-order chi connectivity index (χ1) is 8.08. The molecule has 0 saturated carbocycles. The van der Waals surface area contributed by atoms with Crippen LogP contribution in [-0.4, -0.2) is 24.3 Å². The lowest BCUT2D eigenvalue weighted by molar-refractivity contribution is 0.482. The Labute approximate surface area is 100 Å². The van der Waals surface area contributed by atoms with Gasteiger partial charge >= 0.3 is 0 Å². The van der Waals surface area contributed by atoms with E-state index >= 15 is 0 Å². The van der Waals surface area contributed by atoms with E-state index in [0.717, 1.165) is 11.5 Å². The van der Waals surface area contributed by atoms with E-state index in [1.54, 1.807) is 17.3 Å². The van der Waals surface area contributed by atoms with E-state index < -0.39 is 0 Å². The number of nitrogens with zero attached hydrogens (tertiary/aromatic N) is 5. The third-order valence-electron chi connectivity index (χ3n) is 2.76. The molecule has 2 rings (SSSR count). The second-order valence-corrected chi connectivity index (χ2v) is 4.55. The summed E-state index contributed by atoms with van der Waals surface area (Å²) in [5.41, 5.74) is 7.16. The second kappa shape index (κ2) is 4.67. The van der Waals surface area contributed by atoms with Crippen LogP contribution in [0.15, 0.2) is 18.9 Å². The van der Waals surface area contributed by atoms with E-state index in [4.69, 9.17) is 5.73 Å². The molecule has 0 aliphatic carbocycles. The van der Waals surface area contributed by atoms with Crippen LogP contribution in [0.2, 0.25) is 0 Å². The fraction of sp³-hybridized carbons (Fsp3) is 0.545. The Morgan fingerprint density at radius 2 is 2.12 bits per heavy atom. The van der Waals surface area contributed by atoms with E-state index in [2.05, 4.69) is 28.9 Å². The summed E-state index contributed by atoms with van der Waals surface area (Å²) in [6.45, 7) is 4.80. The van der Waals surface area contributed by atoms with Gasteiger partial charge in [0.25, 0.3) is 0 Å². The molecule has 92 valence electrons. The highest BCUT2D eigenvalue weighted by molar-refractivity contribution is 5.07. The Morgan fingerprint density at radius 1 is 1.35 bits per heavy atom. The Morgan fingerprint density at radius 3 is 2.71 bits per heavy atom. The number of aromatic nitrogens is 5. The van der Waals surface area contributed by atoms with Crippen LogP contribution in [0.5, 0.6) is 0 Å². The zero-order valence-electron chi connectivity index (χ0n) is 10.4. The molecule has 0 spiro atoms. The summed E-state index contributed by atoms with van der Waals surface area (Å²) in [7, 11) is 1.85. The van der Waals surface area contributed by atoms with Gasteiger partial charge in [-0.1, -0.05) is 13.8 Å². The lowest BCUT2D eigenvalue weighted by Crippen LogP contribution is -2.20. The van der Waals surface area contributed by atoms with Gasteiger partial charge in [0.05, 0.1) is 18.6 Å². The average molecular weight is 234 g/mol. The summed E-state index contributed by atoms with van der Waals surface area (Å²) in [4.78, 5) is 8.35. The molecule has 0 amide bonds. The third-order valence-corrected chi connectivity index (χ3v) is 2.76. The fourth-order valence-corrected chi connectivity index (χ4v) is 1.69. The summed E-state index contributed by atoms with van der Waals surface area (Å²) >= 11 is 0. The number of hydrogen-bond acceptors (Lipinski definition) is 4. The summed E-state index contributed by atoms with van der Waals surface area (Å²) in [5, 5.41) is 4.25. The van der Waals surface area contributed by atoms with Crippen LogP contribution in [-0.2, 0) is 13.6 Å². The Hall–Kier alpha value is -1.69. The zero-order chi connectivity index (χ0) is 12.4. The van der Waals surface area contributed by atoms with Gasteiger partial charge in [-0.25, -0.2) is 9.97 Å². The van der Waals surface area contributed by atoms with Crippen molar-refractivity contribution in [3.8, 4) is 0 Å². The average Bonchev–Trinajstić information content (AvgIpc) is 2.87. The fourth-order valence-electron chi connectivity index (χ4n) is 1.69. The molecule has 0 saturated heterocycles. The zero-order valence-corrected chi connectivity index (χ0v) is 10.4. The van der Waals surface area contributed by atoms with Crippen LogP contribution in [0.25, 0.3) is 0 Å². The number of nitrogens with two attached hydrogens (primary N) is 1. The lowest BCUT2D eigenvalue weighted by Gasteiger charge is -2.17. The molecular weight excluding hydrogens is 216 g/mol. The lowest BCUT2D eigenvalue weighted by atomic mass is 10.0. The maximum absolute atomic E-state index is 6.14. The van der Waals surface area contributed by atoms with Crippen LogP contribution in [0.3, 0.4) is 0 Å². The molecule has 0 aliphatic rings. The van der Waals surface area contributed by atoms with Crippen molar-refractivity contribution in [3.63, 3.8) is 0 Å². The van der Waals surface area contributed by atoms with Crippen molar-refractivity contribution < 1.29 is 0 Å². The quantitative estimate of drug-likeness (QED) is 0.845. The van der Waals surface area contributed by atoms with Crippen molar-refractivity contribution in [2.75, 3.05) is 0 Å². The van der Waals surface area contributed by atoms with Crippen molar-refractivity contribution in [2.24, 2.45) is 18.7 Å². The third kappa shape index (κ3) is 2.52. The van der Waals surface area contributed by atoms with Crippen molar-refractivity contribution >= 4 is 0 Å². The number of hydrogen-bond donors (Lipinski definition) is 1. The SMILES string of the molecule is CC(C)C(N)c1cncn1Cc1ncn(C)n1. The van der Waals surface area contributed by atoms with E-state index in [9.17, 15) is 0 Å². The normalized spacial score (nSPS) is 13.2. The number of rotatable bonds is 4. The largest absolute Gasteiger partial charge is 0.325 e. The molecule has 0 aromatic carbocycles. The van der Waals surface area contributed by atoms with Gasteiger partial charge in [0.2, 0.25) is 0 Å². The van der Waals surface area contributed by atoms with Crippen molar-refractivity contribution in [2.45, 2.75) is 26.4 Å². The topological polar surface area (TPSA) is 74.5 Å². The highest BCUT2D eigenvalue weighted by Crippen LogP contribution is 2.18. The molecule has 2 aromatic heterocycles. The van der Waals surface area contributed by atoms with Gasteiger partial charge < -0.3 is 10.3 Å². The van der Waals surface area contributed by atoms with E-state index in [1.165, 1.54) is 0 Å². The maximum atomic E-state index is 6.14. The van der Waals surface area contributed by atoms with Crippen molar-refractivity contribution in [1.82, 2.24) is 24.3 Å². The van der Waals surface area contributed by atoms with Crippen LogP contribution >= 0.6 is 0 Å². The molecule has 0 aliphatic heterocycles. The minimum atomic E-state index is -0.0128. The highest BCUT2D eigenvalue weighted by Gasteiger charge is 2.15. The van der Waals surface area contributed by atoms with Crippen LogP contribution < -0.4 is 5.73 Å². The second-order valence-electron chi connectivity index (χ2n) is 4.55. The monoisotopic (exact) mass is 234 g/mol. The minimum absolute atomic E-state index is 0.0128. The summed E-state index contributed by atoms with van der Waals surface area (Å²) in [5.74, 6) is 1.14. The maximum Gasteiger partial charge on any atom is 0.170 e. The predicted octanol–water partition coefficient (Wildman–Crippen LogP) is 0.716. The molecule has 1 unspecified atom stereocenters. The van der Waals surface area contributed by atoms with Crippen LogP contribution in [0, 0.1) is 5.92 Å². The van der Waals surface area contributed by atoms with Gasteiger partial charge in [-0.15, -0.1) is 0 Å². The van der Waals surface area contributed by atoms with Gasteiger partial charge in [-0.05, 0) is 5.92 Å². The Balaban J connectivity index is 2.19. The molecule has 2 heterocycles. The standard InChI is InChI=1S/C11H18N6/c1-8(2)11(12)9-4-13-6-17(9)5-10-14-7-16(3)15-10/h4,6-8,11H,5,12H2,1-3H3. The summed E-state index contributed by atoms with van der Waals surface area (Å²) in [6.07, 6.45) is 5.27. The smallest absolute Gasteiger partial charge is 0.170 e. The van der Waals surface area contributed by atoms with Gasteiger partial charge in [-0.3, -0.25) is 4.68 Å². The van der Waals surface area contributed by atoms with E-state index in [0.29, 0.717) is 12.5 Å². The van der Waals surface area contributed by atoms with Crippen LogP contribution in [0.1, 0.15) is 31.4 Å². The highest BCUT2D eigenvalue weighted by atomic mass is 15.3. The number of imidazole rings is 1. The first-order valence-corrected chi connectivity index (χ1v) is 5.68. The molecule has 6 heteroatoms. The van der Waals surface area contributed by atoms with Crippen molar-refractivity contribution in [3.05, 3.63) is 30.4 Å². The number of aryl methyl sites for hydroxylation is 1. The van der Waals surface area contributed by atoms with Crippen molar-refractivity contribution in [1.29, 1.82) is 0 Å². The van der Waals surface area contributed by atoms with E-state index in [-0.39, 0.29) is 6.04 Å². The first-order valence-electron chi connectivity index (χ1n) is 5.68. The molecule has 0 bridgehead atoms. The van der Waals surface area contributed by atoms with E-state index in [1.807, 2.05) is 17.8 Å². The predicted molar refractivity (Wildman–Crippen MR) is 64.1 cm³/mol. The molecule has 0 radical (unpaired) electrons. The molecule has 2 N–H and O–H groups in total.